The van der Waals surface area contributed by atoms with E-state index in [9.17, 15) is 14.7 Å². The number of ether oxygens (including phenoxy) is 2. The van der Waals surface area contributed by atoms with Crippen molar-refractivity contribution in [1.82, 2.24) is 20.1 Å². The van der Waals surface area contributed by atoms with E-state index in [1.54, 1.807) is 18.1 Å². The molecule has 0 unspecified atom stereocenters. The number of thioether (sulfide) groups is 1. The number of aliphatic carboxylic acids is 1. The van der Waals surface area contributed by atoms with Crippen LogP contribution in [-0.2, 0) is 39.3 Å². The van der Waals surface area contributed by atoms with Crippen LogP contribution in [0, 0.1) is 0 Å². The van der Waals surface area contributed by atoms with Gasteiger partial charge < -0.3 is 29.6 Å². The zero-order valence-corrected chi connectivity index (χ0v) is 24.6. The van der Waals surface area contributed by atoms with Gasteiger partial charge in [0.2, 0.25) is 5.91 Å². The van der Waals surface area contributed by atoms with Crippen molar-refractivity contribution in [2.75, 3.05) is 5.75 Å². The topological polar surface area (TPSA) is 136 Å². The lowest BCUT2D eigenvalue weighted by Crippen LogP contribution is -2.31. The van der Waals surface area contributed by atoms with Crippen molar-refractivity contribution in [3.8, 4) is 11.1 Å². The first-order valence-electron chi connectivity index (χ1n) is 14.0. The van der Waals surface area contributed by atoms with E-state index in [1.807, 2.05) is 84.4 Å². The van der Waals surface area contributed by atoms with Gasteiger partial charge in [0, 0.05) is 37.8 Å². The molecule has 0 saturated carbocycles. The van der Waals surface area contributed by atoms with E-state index in [1.165, 1.54) is 0 Å². The molecule has 2 heterocycles. The maximum absolute atomic E-state index is 12.1. The Hall–Kier alpha value is -4.03. The molecule has 1 fully saturated rings. The number of carbonyl (C=O) groups is 2. The number of carboxylic acids is 1. The maximum atomic E-state index is 12.1. The monoisotopic (exact) mass is 602 g/mol. The Labute approximate surface area is 254 Å². The van der Waals surface area contributed by atoms with Gasteiger partial charge in [-0.05, 0) is 27.8 Å². The van der Waals surface area contributed by atoms with Crippen molar-refractivity contribution in [3.63, 3.8) is 0 Å². The van der Waals surface area contributed by atoms with Crippen LogP contribution >= 0.6 is 11.8 Å². The van der Waals surface area contributed by atoms with E-state index < -0.39 is 12.3 Å². The van der Waals surface area contributed by atoms with Crippen LogP contribution in [0.4, 0.5) is 0 Å². The van der Waals surface area contributed by atoms with Crippen LogP contribution in [-0.4, -0.2) is 48.7 Å². The Morgan fingerprint density at radius 2 is 1.74 bits per heavy atom. The molecular weight excluding hydrogens is 568 g/mol. The van der Waals surface area contributed by atoms with Crippen molar-refractivity contribution in [2.24, 2.45) is 7.05 Å². The third kappa shape index (κ3) is 8.08. The summed E-state index contributed by atoms with van der Waals surface area (Å²) in [6, 6.07) is 23.6. The van der Waals surface area contributed by atoms with Crippen LogP contribution in [0.3, 0.4) is 0 Å². The third-order valence-electron chi connectivity index (χ3n) is 7.24. The molecule has 3 N–H and O–H groups in total. The number of hydrogen-bond acceptors (Lipinski definition) is 8. The molecule has 3 atom stereocenters. The molecule has 5 rings (SSSR count). The number of carboxylic acid groups (broad SMARTS) is 1. The molecule has 4 aromatic rings. The molecule has 1 amide bonds. The average Bonchev–Trinajstić information content (AvgIpc) is 3.46. The van der Waals surface area contributed by atoms with E-state index in [0.717, 1.165) is 38.5 Å². The van der Waals surface area contributed by atoms with Crippen molar-refractivity contribution in [2.45, 2.75) is 56.1 Å². The molecule has 0 radical (unpaired) electrons. The predicted octanol–water partition coefficient (Wildman–Crippen LogP) is 4.79. The number of amides is 1. The first kappa shape index (κ1) is 30.4. The molecule has 3 aromatic carbocycles. The van der Waals surface area contributed by atoms with Crippen molar-refractivity contribution < 1.29 is 29.3 Å². The fourth-order valence-corrected chi connectivity index (χ4v) is 5.78. The Morgan fingerprint density at radius 3 is 2.44 bits per heavy atom. The standard InChI is InChI=1S/C32H34N4O6S/c1-36-20-34-35-32(36)43-19-26-16-28(23-8-6-21(18-37)7-9-23)42-31(41-26)24-12-10-22(11-13-24)27-5-3-2-4-25(27)17-33-29(38)14-15-30(39)40/h2-13,20,26,28,31,37H,14-19H2,1H3,(H,33,38)(H,39,40)/t26-,28+,31+/m0/s1. The molecule has 1 saturated heterocycles. The van der Waals surface area contributed by atoms with Crippen LogP contribution < -0.4 is 5.32 Å². The number of nitrogens with zero attached hydrogens (tertiary/aromatic N) is 3. The molecule has 1 aromatic heterocycles. The highest BCUT2D eigenvalue weighted by atomic mass is 32.2. The Morgan fingerprint density at radius 1 is 1.00 bits per heavy atom. The van der Waals surface area contributed by atoms with E-state index in [0.29, 0.717) is 18.7 Å². The number of carbonyl (C=O) groups excluding carboxylic acids is 1. The Bertz CT molecular complexity index is 1530. The first-order chi connectivity index (χ1) is 20.9. The second kappa shape index (κ2) is 14.4. The summed E-state index contributed by atoms with van der Waals surface area (Å²) in [4.78, 5) is 22.9. The predicted molar refractivity (Wildman–Crippen MR) is 161 cm³/mol. The zero-order chi connectivity index (χ0) is 30.2. The van der Waals surface area contributed by atoms with Gasteiger partial charge in [-0.15, -0.1) is 10.2 Å². The maximum Gasteiger partial charge on any atom is 0.303 e. The summed E-state index contributed by atoms with van der Waals surface area (Å²) in [7, 11) is 1.91. The van der Waals surface area contributed by atoms with Gasteiger partial charge in [-0.3, -0.25) is 9.59 Å². The van der Waals surface area contributed by atoms with Crippen LogP contribution in [0.1, 0.15) is 53.9 Å². The quantitative estimate of drug-likeness (QED) is 0.196. The van der Waals surface area contributed by atoms with Gasteiger partial charge in [-0.25, -0.2) is 0 Å². The number of aliphatic hydroxyl groups excluding tert-OH is 1. The van der Waals surface area contributed by atoms with Gasteiger partial charge in [0.15, 0.2) is 11.4 Å². The van der Waals surface area contributed by atoms with Crippen LogP contribution in [0.25, 0.3) is 11.1 Å². The molecule has 1 aliphatic heterocycles. The molecule has 224 valence electrons. The molecule has 0 spiro atoms. The third-order valence-corrected chi connectivity index (χ3v) is 8.40. The van der Waals surface area contributed by atoms with Crippen LogP contribution in [0.15, 0.2) is 84.3 Å². The zero-order valence-electron chi connectivity index (χ0n) is 23.8. The number of hydrogen-bond donors (Lipinski definition) is 3. The van der Waals surface area contributed by atoms with E-state index in [4.69, 9.17) is 14.6 Å². The van der Waals surface area contributed by atoms with Crippen LogP contribution in [0.2, 0.25) is 0 Å². The smallest absolute Gasteiger partial charge is 0.303 e. The fourth-order valence-electron chi connectivity index (χ4n) is 4.87. The highest BCUT2D eigenvalue weighted by Gasteiger charge is 2.32. The summed E-state index contributed by atoms with van der Waals surface area (Å²) in [6.45, 7) is 0.286. The Kier molecular flexibility index (Phi) is 10.2. The molecule has 43 heavy (non-hydrogen) atoms. The van der Waals surface area contributed by atoms with Crippen molar-refractivity contribution in [3.05, 3.63) is 101 Å². The summed E-state index contributed by atoms with van der Waals surface area (Å²) in [6.07, 6.45) is 1.21. The number of aryl methyl sites for hydroxylation is 1. The van der Waals surface area contributed by atoms with Gasteiger partial charge >= 0.3 is 5.97 Å². The highest BCUT2D eigenvalue weighted by molar-refractivity contribution is 7.99. The number of benzene rings is 3. The van der Waals surface area contributed by atoms with Gasteiger partial charge in [0.05, 0.1) is 25.2 Å². The SMILES string of the molecule is Cn1cnnc1SC[C@@H]1C[C@H](c2ccc(CO)cc2)O[C@H](c2ccc(-c3ccccc3CNC(=O)CCC(=O)O)cc2)O1. The minimum absolute atomic E-state index is 0.0128. The van der Waals surface area contributed by atoms with E-state index in [2.05, 4.69) is 15.5 Å². The van der Waals surface area contributed by atoms with Gasteiger partial charge in [-0.1, -0.05) is 84.6 Å². The molecular formula is C32H34N4O6S. The number of rotatable bonds is 12. The largest absolute Gasteiger partial charge is 0.481 e. The second-order valence-electron chi connectivity index (χ2n) is 10.3. The number of nitrogens with one attached hydrogen (secondary N) is 1. The fraction of sp³-hybridized carbons (Fsp3) is 0.312. The van der Waals surface area contributed by atoms with Crippen molar-refractivity contribution >= 4 is 23.6 Å². The molecule has 0 aliphatic carbocycles. The van der Waals surface area contributed by atoms with E-state index >= 15 is 0 Å². The lowest BCUT2D eigenvalue weighted by molar-refractivity contribution is -0.245. The summed E-state index contributed by atoms with van der Waals surface area (Å²) in [5.74, 6) is -0.615. The minimum Gasteiger partial charge on any atom is -0.481 e. The second-order valence-corrected chi connectivity index (χ2v) is 11.3. The van der Waals surface area contributed by atoms with Crippen LogP contribution in [0.5, 0.6) is 0 Å². The number of aromatic nitrogens is 3. The average molecular weight is 603 g/mol. The summed E-state index contributed by atoms with van der Waals surface area (Å²) in [5, 5.41) is 30.1. The Balaban J connectivity index is 1.31. The van der Waals surface area contributed by atoms with E-state index in [-0.39, 0.29) is 37.6 Å². The summed E-state index contributed by atoms with van der Waals surface area (Å²) >= 11 is 1.59. The normalized spacial score (nSPS) is 18.3. The molecule has 11 heteroatoms. The minimum atomic E-state index is -0.997. The molecule has 0 bridgehead atoms. The highest BCUT2D eigenvalue weighted by Crippen LogP contribution is 2.39. The molecule has 1 aliphatic rings. The van der Waals surface area contributed by atoms with Crippen molar-refractivity contribution in [1.29, 1.82) is 0 Å². The van der Waals surface area contributed by atoms with Gasteiger partial charge in [0.1, 0.15) is 6.33 Å². The lowest BCUT2D eigenvalue weighted by Gasteiger charge is -2.36. The summed E-state index contributed by atoms with van der Waals surface area (Å²) < 4.78 is 14.8. The molecule has 10 nitrogen and oxygen atoms in total. The van der Waals surface area contributed by atoms with Gasteiger partial charge in [-0.2, -0.15) is 0 Å². The lowest BCUT2D eigenvalue weighted by atomic mass is 9.97. The summed E-state index contributed by atoms with van der Waals surface area (Å²) in [5.41, 5.74) is 5.62. The van der Waals surface area contributed by atoms with Gasteiger partial charge in [0.25, 0.3) is 0 Å². The number of aliphatic hydroxyl groups is 1. The first-order valence-corrected chi connectivity index (χ1v) is 15.0.